The van der Waals surface area contributed by atoms with Crippen molar-refractivity contribution < 1.29 is 14.5 Å². The number of para-hydroxylation sites is 1. The highest BCUT2D eigenvalue weighted by molar-refractivity contribution is 5.75. The Balaban J connectivity index is 2.00. The second kappa shape index (κ2) is 8.25. The van der Waals surface area contributed by atoms with Crippen molar-refractivity contribution >= 4 is 11.6 Å². The van der Waals surface area contributed by atoms with Gasteiger partial charge in [0, 0.05) is 12.1 Å². The van der Waals surface area contributed by atoms with Gasteiger partial charge < -0.3 is 15.0 Å². The van der Waals surface area contributed by atoms with E-state index in [1.54, 1.807) is 7.11 Å². The van der Waals surface area contributed by atoms with Crippen molar-refractivity contribution in [2.45, 2.75) is 12.6 Å². The summed E-state index contributed by atoms with van der Waals surface area (Å²) in [6.45, 7) is 0.287. The van der Waals surface area contributed by atoms with Crippen molar-refractivity contribution in [3.63, 3.8) is 0 Å². The van der Waals surface area contributed by atoms with E-state index in [1.807, 2.05) is 43.3 Å². The van der Waals surface area contributed by atoms with Crippen molar-refractivity contribution in [2.75, 3.05) is 27.7 Å². The number of likely N-dealkylation sites (N-methyl/N-ethyl adjacent to an activating group) is 1. The highest BCUT2D eigenvalue weighted by Gasteiger charge is 2.19. The van der Waals surface area contributed by atoms with E-state index in [9.17, 15) is 14.9 Å². The minimum absolute atomic E-state index is 0.0768. The standard InChI is InChI=1S/C16H21N5O4/c1-19(2)14(13-6-4-5-7-15(13)25-3)9-17-16(22)11-20-10-12(8-18-20)21(23)24/h4-8,10,14H,9,11H2,1-3H3,(H,17,22)/t14-/m1/s1. The molecule has 1 amide bonds. The lowest BCUT2D eigenvalue weighted by Gasteiger charge is -2.26. The van der Waals surface area contributed by atoms with E-state index in [2.05, 4.69) is 10.4 Å². The molecule has 134 valence electrons. The lowest BCUT2D eigenvalue weighted by Crippen LogP contribution is -2.36. The second-order valence-corrected chi connectivity index (χ2v) is 5.68. The van der Waals surface area contributed by atoms with Gasteiger partial charge in [0.1, 0.15) is 24.7 Å². The van der Waals surface area contributed by atoms with Crippen LogP contribution in [0.25, 0.3) is 0 Å². The van der Waals surface area contributed by atoms with E-state index in [0.717, 1.165) is 17.5 Å². The van der Waals surface area contributed by atoms with Gasteiger partial charge in [-0.1, -0.05) is 18.2 Å². The molecule has 0 bridgehead atoms. The molecule has 9 nitrogen and oxygen atoms in total. The number of ether oxygens (including phenoxy) is 1. The van der Waals surface area contributed by atoms with Crippen LogP contribution in [0, 0.1) is 10.1 Å². The van der Waals surface area contributed by atoms with Crippen LogP contribution in [0.1, 0.15) is 11.6 Å². The first-order chi connectivity index (χ1) is 11.9. The van der Waals surface area contributed by atoms with Gasteiger partial charge >= 0.3 is 5.69 Å². The smallest absolute Gasteiger partial charge is 0.307 e. The Hall–Kier alpha value is -2.94. The zero-order chi connectivity index (χ0) is 18.4. The number of nitro groups is 1. The first-order valence-electron chi connectivity index (χ1n) is 7.65. The third-order valence-electron chi connectivity index (χ3n) is 3.75. The van der Waals surface area contributed by atoms with Gasteiger partial charge in [-0.15, -0.1) is 0 Å². The predicted octanol–water partition coefficient (Wildman–Crippen LogP) is 1.22. The Bertz CT molecular complexity index is 744. The van der Waals surface area contributed by atoms with Crippen molar-refractivity contribution in [2.24, 2.45) is 0 Å². The van der Waals surface area contributed by atoms with Gasteiger partial charge in [0.05, 0.1) is 18.1 Å². The van der Waals surface area contributed by atoms with Crippen LogP contribution >= 0.6 is 0 Å². The zero-order valence-corrected chi connectivity index (χ0v) is 14.4. The first kappa shape index (κ1) is 18.4. The average Bonchev–Trinajstić information content (AvgIpc) is 3.04. The molecule has 1 aromatic carbocycles. The van der Waals surface area contributed by atoms with Crippen LogP contribution < -0.4 is 10.1 Å². The van der Waals surface area contributed by atoms with Crippen LogP contribution in [-0.2, 0) is 11.3 Å². The molecule has 0 saturated heterocycles. The molecule has 1 heterocycles. The SMILES string of the molecule is COc1ccccc1[C@@H](CNC(=O)Cn1cc([N+](=O)[O-])cn1)N(C)C. The van der Waals surface area contributed by atoms with E-state index in [1.165, 1.54) is 10.9 Å². The van der Waals surface area contributed by atoms with Crippen LogP contribution in [0.15, 0.2) is 36.7 Å². The van der Waals surface area contributed by atoms with Gasteiger partial charge in [-0.25, -0.2) is 0 Å². The number of amides is 1. The van der Waals surface area contributed by atoms with Crippen molar-refractivity contribution in [3.8, 4) is 5.75 Å². The molecule has 0 unspecified atom stereocenters. The molecule has 2 aromatic rings. The van der Waals surface area contributed by atoms with E-state index in [0.29, 0.717) is 6.54 Å². The fourth-order valence-corrected chi connectivity index (χ4v) is 2.46. The summed E-state index contributed by atoms with van der Waals surface area (Å²) in [5.74, 6) is 0.470. The van der Waals surface area contributed by atoms with Gasteiger partial charge in [0.25, 0.3) is 0 Å². The predicted molar refractivity (Wildman–Crippen MR) is 91.3 cm³/mol. The summed E-state index contributed by atoms with van der Waals surface area (Å²) in [6.07, 6.45) is 2.34. The molecule has 1 N–H and O–H groups in total. The van der Waals surface area contributed by atoms with E-state index >= 15 is 0 Å². The number of nitrogens with zero attached hydrogens (tertiary/aromatic N) is 4. The lowest BCUT2D eigenvalue weighted by molar-refractivity contribution is -0.385. The molecule has 1 atom stereocenters. The number of hydrogen-bond acceptors (Lipinski definition) is 6. The molecule has 25 heavy (non-hydrogen) atoms. The largest absolute Gasteiger partial charge is 0.496 e. The summed E-state index contributed by atoms with van der Waals surface area (Å²) in [7, 11) is 5.44. The molecule has 0 aliphatic carbocycles. The monoisotopic (exact) mass is 347 g/mol. The molecule has 0 saturated carbocycles. The number of nitrogens with one attached hydrogen (secondary N) is 1. The van der Waals surface area contributed by atoms with Crippen LogP contribution in [0.5, 0.6) is 5.75 Å². The van der Waals surface area contributed by atoms with Gasteiger partial charge in [-0.05, 0) is 20.2 Å². The minimum atomic E-state index is -0.550. The molecule has 1 aromatic heterocycles. The number of carbonyl (C=O) groups excluding carboxylic acids is 1. The van der Waals surface area contributed by atoms with Crippen molar-refractivity contribution in [1.29, 1.82) is 0 Å². The quantitative estimate of drug-likeness (QED) is 0.569. The van der Waals surface area contributed by atoms with E-state index in [4.69, 9.17) is 4.74 Å². The Morgan fingerprint density at radius 2 is 2.16 bits per heavy atom. The second-order valence-electron chi connectivity index (χ2n) is 5.68. The third-order valence-corrected chi connectivity index (χ3v) is 3.75. The van der Waals surface area contributed by atoms with Crippen LogP contribution in [0.3, 0.4) is 0 Å². The minimum Gasteiger partial charge on any atom is -0.496 e. The maximum Gasteiger partial charge on any atom is 0.307 e. The fraction of sp³-hybridized carbons (Fsp3) is 0.375. The fourth-order valence-electron chi connectivity index (χ4n) is 2.46. The number of benzene rings is 1. The normalized spacial score (nSPS) is 12.0. The summed E-state index contributed by atoms with van der Waals surface area (Å²) in [5.41, 5.74) is 0.818. The number of methoxy groups -OCH3 is 1. The molecule has 0 aliphatic rings. The molecular weight excluding hydrogens is 326 g/mol. The number of carbonyl (C=O) groups is 1. The van der Waals surface area contributed by atoms with Crippen molar-refractivity contribution in [3.05, 3.63) is 52.3 Å². The summed E-state index contributed by atoms with van der Waals surface area (Å²) in [6, 6.07) is 7.55. The van der Waals surface area contributed by atoms with Gasteiger partial charge in [0.2, 0.25) is 5.91 Å². The Kier molecular flexibility index (Phi) is 6.07. The van der Waals surface area contributed by atoms with Gasteiger partial charge in [-0.3, -0.25) is 19.6 Å². The Morgan fingerprint density at radius 1 is 1.44 bits per heavy atom. The van der Waals surface area contributed by atoms with E-state index in [-0.39, 0.29) is 24.2 Å². The Labute approximate surface area is 145 Å². The molecule has 2 rings (SSSR count). The summed E-state index contributed by atoms with van der Waals surface area (Å²) < 4.78 is 6.62. The van der Waals surface area contributed by atoms with Gasteiger partial charge in [-0.2, -0.15) is 5.10 Å². The number of aromatic nitrogens is 2. The first-order valence-corrected chi connectivity index (χ1v) is 7.65. The Morgan fingerprint density at radius 3 is 2.76 bits per heavy atom. The summed E-state index contributed by atoms with van der Waals surface area (Å²) in [4.78, 5) is 24.2. The number of rotatable bonds is 8. The topological polar surface area (TPSA) is 103 Å². The molecule has 9 heteroatoms. The maximum atomic E-state index is 12.1. The molecule has 0 spiro atoms. The van der Waals surface area contributed by atoms with E-state index < -0.39 is 4.92 Å². The molecule has 0 radical (unpaired) electrons. The highest BCUT2D eigenvalue weighted by atomic mass is 16.6. The number of hydrogen-bond donors (Lipinski definition) is 1. The van der Waals surface area contributed by atoms with Crippen LogP contribution in [-0.4, -0.2) is 53.3 Å². The molecule has 0 fully saturated rings. The zero-order valence-electron chi connectivity index (χ0n) is 14.4. The highest BCUT2D eigenvalue weighted by Crippen LogP contribution is 2.27. The summed E-state index contributed by atoms with van der Waals surface area (Å²) in [5, 5.41) is 17.3. The van der Waals surface area contributed by atoms with Crippen LogP contribution in [0.2, 0.25) is 0 Å². The summed E-state index contributed by atoms with van der Waals surface area (Å²) >= 11 is 0. The maximum absolute atomic E-state index is 12.1. The molecular formula is C16H21N5O4. The lowest BCUT2D eigenvalue weighted by atomic mass is 10.0. The van der Waals surface area contributed by atoms with Crippen LogP contribution in [0.4, 0.5) is 5.69 Å². The van der Waals surface area contributed by atoms with Gasteiger partial charge in [0.15, 0.2) is 0 Å². The third kappa shape index (κ3) is 4.77. The average molecular weight is 347 g/mol. The molecule has 0 aliphatic heterocycles. The van der Waals surface area contributed by atoms with Crippen molar-refractivity contribution in [1.82, 2.24) is 20.0 Å².